The number of carbonyl (C=O) groups excluding carboxylic acids is 1. The van der Waals surface area contributed by atoms with E-state index in [1.807, 2.05) is 0 Å². The quantitative estimate of drug-likeness (QED) is 0.664. The fourth-order valence-electron chi connectivity index (χ4n) is 3.62. The molecular weight excluding hydrogens is 270 g/mol. The predicted molar refractivity (Wildman–Crippen MR) is 77.8 cm³/mol. The third-order valence-corrected chi connectivity index (χ3v) is 4.75. The van der Waals surface area contributed by atoms with Crippen LogP contribution in [-0.4, -0.2) is 34.9 Å². The first-order valence-electron chi connectivity index (χ1n) is 7.35. The van der Waals surface area contributed by atoms with Gasteiger partial charge in [0.1, 0.15) is 0 Å². The van der Waals surface area contributed by atoms with Crippen molar-refractivity contribution in [3.05, 3.63) is 39.9 Å². The molecule has 1 saturated heterocycles. The normalized spacial score (nSPS) is 28.2. The summed E-state index contributed by atoms with van der Waals surface area (Å²) in [5.41, 5.74) is 6.50. The van der Waals surface area contributed by atoms with E-state index in [4.69, 9.17) is 5.73 Å². The van der Waals surface area contributed by atoms with Crippen LogP contribution in [0.4, 0.5) is 5.69 Å². The molecular formula is C15H19N3O3. The second kappa shape index (κ2) is 5.44. The fraction of sp³-hybridized carbons (Fsp3) is 0.533. The van der Waals surface area contributed by atoms with Crippen LogP contribution in [-0.2, 0) is 0 Å². The molecule has 3 unspecified atom stereocenters. The molecule has 0 aromatic heterocycles. The van der Waals surface area contributed by atoms with Gasteiger partial charge in [0.05, 0.1) is 4.92 Å². The van der Waals surface area contributed by atoms with Gasteiger partial charge in [0, 0.05) is 36.8 Å². The van der Waals surface area contributed by atoms with Gasteiger partial charge in [-0.05, 0) is 30.7 Å². The van der Waals surface area contributed by atoms with E-state index >= 15 is 0 Å². The maximum atomic E-state index is 12.5. The first kappa shape index (κ1) is 14.0. The lowest BCUT2D eigenvalue weighted by Crippen LogP contribution is -2.38. The lowest BCUT2D eigenvalue weighted by molar-refractivity contribution is -0.384. The molecule has 3 rings (SSSR count). The highest BCUT2D eigenvalue weighted by Crippen LogP contribution is 2.36. The molecule has 2 aliphatic rings. The van der Waals surface area contributed by atoms with E-state index in [-0.39, 0.29) is 17.6 Å². The summed E-state index contributed by atoms with van der Waals surface area (Å²) in [4.78, 5) is 24.7. The van der Waals surface area contributed by atoms with Crippen molar-refractivity contribution in [1.29, 1.82) is 0 Å². The number of hydrogen-bond donors (Lipinski definition) is 1. The lowest BCUT2D eigenvalue weighted by atomic mass is 9.78. The van der Waals surface area contributed by atoms with Crippen LogP contribution >= 0.6 is 0 Å². The molecule has 6 nitrogen and oxygen atoms in total. The molecule has 0 radical (unpaired) electrons. The second-order valence-corrected chi connectivity index (χ2v) is 6.04. The molecule has 2 fully saturated rings. The van der Waals surface area contributed by atoms with Gasteiger partial charge in [-0.25, -0.2) is 0 Å². The molecule has 6 heteroatoms. The molecule has 1 aliphatic heterocycles. The number of nitrogens with zero attached hydrogens (tertiary/aromatic N) is 2. The average Bonchev–Trinajstić information content (AvgIpc) is 2.92. The van der Waals surface area contributed by atoms with Gasteiger partial charge in [0.15, 0.2) is 0 Å². The first-order valence-corrected chi connectivity index (χ1v) is 7.35. The Morgan fingerprint density at radius 2 is 2.14 bits per heavy atom. The zero-order valence-corrected chi connectivity index (χ0v) is 11.8. The van der Waals surface area contributed by atoms with E-state index in [1.165, 1.54) is 12.1 Å². The van der Waals surface area contributed by atoms with Crippen LogP contribution in [0.3, 0.4) is 0 Å². The Kier molecular flexibility index (Phi) is 3.63. The molecule has 2 N–H and O–H groups in total. The molecule has 1 aromatic rings. The molecule has 0 bridgehead atoms. The van der Waals surface area contributed by atoms with E-state index < -0.39 is 4.92 Å². The minimum Gasteiger partial charge on any atom is -0.338 e. The first-order chi connectivity index (χ1) is 10.1. The Balaban J connectivity index is 1.77. The summed E-state index contributed by atoms with van der Waals surface area (Å²) >= 11 is 0. The Morgan fingerprint density at radius 3 is 2.86 bits per heavy atom. The number of amides is 1. The van der Waals surface area contributed by atoms with E-state index in [9.17, 15) is 14.9 Å². The van der Waals surface area contributed by atoms with Crippen LogP contribution in [0.2, 0.25) is 0 Å². The fourth-order valence-corrected chi connectivity index (χ4v) is 3.62. The van der Waals surface area contributed by atoms with Gasteiger partial charge in [-0.3, -0.25) is 14.9 Å². The number of likely N-dealkylation sites (tertiary alicyclic amines) is 1. The van der Waals surface area contributed by atoms with Crippen molar-refractivity contribution in [3.63, 3.8) is 0 Å². The standard InChI is InChI=1S/C15H19N3O3/c16-14-6-2-4-11-8-17(9-13(11)14)15(19)10-3-1-5-12(7-10)18(20)21/h1,3,5,7,11,13-14H,2,4,6,8-9,16H2. The minimum absolute atomic E-state index is 0.0471. The van der Waals surface area contributed by atoms with Crippen molar-refractivity contribution >= 4 is 11.6 Å². The zero-order chi connectivity index (χ0) is 15.0. The van der Waals surface area contributed by atoms with Gasteiger partial charge in [-0.15, -0.1) is 0 Å². The van der Waals surface area contributed by atoms with Crippen LogP contribution in [0.15, 0.2) is 24.3 Å². The third-order valence-electron chi connectivity index (χ3n) is 4.75. The van der Waals surface area contributed by atoms with E-state index in [1.54, 1.807) is 17.0 Å². The summed E-state index contributed by atoms with van der Waals surface area (Å²) in [6, 6.07) is 6.12. The SMILES string of the molecule is NC1CCCC2CN(C(=O)c3cccc([N+](=O)[O-])c3)CC12. The Hall–Kier alpha value is -1.95. The topological polar surface area (TPSA) is 89.5 Å². The van der Waals surface area contributed by atoms with Crippen molar-refractivity contribution in [2.24, 2.45) is 17.6 Å². The molecule has 1 saturated carbocycles. The van der Waals surface area contributed by atoms with Gasteiger partial charge in [0.2, 0.25) is 0 Å². The molecule has 1 aromatic carbocycles. The number of rotatable bonds is 2. The summed E-state index contributed by atoms with van der Waals surface area (Å²) < 4.78 is 0. The molecule has 1 aliphatic carbocycles. The van der Waals surface area contributed by atoms with Crippen LogP contribution in [0.25, 0.3) is 0 Å². The van der Waals surface area contributed by atoms with Gasteiger partial charge in [-0.2, -0.15) is 0 Å². The van der Waals surface area contributed by atoms with Crippen LogP contribution < -0.4 is 5.73 Å². The number of non-ortho nitro benzene ring substituents is 1. The predicted octanol–water partition coefficient (Wildman–Crippen LogP) is 1.79. The van der Waals surface area contributed by atoms with Crippen LogP contribution in [0.1, 0.15) is 29.6 Å². The number of hydrogen-bond acceptors (Lipinski definition) is 4. The van der Waals surface area contributed by atoms with Gasteiger partial charge in [-0.1, -0.05) is 12.5 Å². The van der Waals surface area contributed by atoms with Crippen molar-refractivity contribution in [2.45, 2.75) is 25.3 Å². The highest BCUT2D eigenvalue weighted by molar-refractivity contribution is 5.95. The van der Waals surface area contributed by atoms with Crippen LogP contribution in [0, 0.1) is 22.0 Å². The highest BCUT2D eigenvalue weighted by Gasteiger charge is 2.40. The lowest BCUT2D eigenvalue weighted by Gasteiger charge is -2.29. The molecule has 112 valence electrons. The van der Waals surface area contributed by atoms with Crippen LogP contribution in [0.5, 0.6) is 0 Å². The monoisotopic (exact) mass is 289 g/mol. The van der Waals surface area contributed by atoms with Gasteiger partial charge >= 0.3 is 0 Å². The zero-order valence-electron chi connectivity index (χ0n) is 11.8. The smallest absolute Gasteiger partial charge is 0.270 e. The third kappa shape index (κ3) is 2.63. The minimum atomic E-state index is -0.476. The Bertz CT molecular complexity index is 575. The Morgan fingerprint density at radius 1 is 1.33 bits per heavy atom. The second-order valence-electron chi connectivity index (χ2n) is 6.04. The average molecular weight is 289 g/mol. The van der Waals surface area contributed by atoms with Crippen molar-refractivity contribution in [2.75, 3.05) is 13.1 Å². The number of benzene rings is 1. The van der Waals surface area contributed by atoms with E-state index in [0.29, 0.717) is 23.9 Å². The van der Waals surface area contributed by atoms with Gasteiger partial charge in [0.25, 0.3) is 11.6 Å². The largest absolute Gasteiger partial charge is 0.338 e. The van der Waals surface area contributed by atoms with Crippen molar-refractivity contribution in [3.8, 4) is 0 Å². The van der Waals surface area contributed by atoms with E-state index in [0.717, 1.165) is 25.8 Å². The molecule has 1 amide bonds. The highest BCUT2D eigenvalue weighted by atomic mass is 16.6. The number of carbonyl (C=O) groups is 1. The number of nitro groups is 1. The summed E-state index contributed by atoms with van der Waals surface area (Å²) in [5, 5.41) is 10.8. The Labute approximate surface area is 123 Å². The summed E-state index contributed by atoms with van der Waals surface area (Å²) in [6.45, 7) is 1.40. The van der Waals surface area contributed by atoms with E-state index in [2.05, 4.69) is 0 Å². The molecule has 0 spiro atoms. The summed E-state index contributed by atoms with van der Waals surface area (Å²) in [7, 11) is 0. The summed E-state index contributed by atoms with van der Waals surface area (Å²) in [6.07, 6.45) is 3.28. The number of nitrogens with two attached hydrogens (primary N) is 1. The van der Waals surface area contributed by atoms with Gasteiger partial charge < -0.3 is 10.6 Å². The summed E-state index contributed by atoms with van der Waals surface area (Å²) in [5.74, 6) is 0.734. The number of fused-ring (bicyclic) bond motifs is 1. The maximum absolute atomic E-state index is 12.5. The molecule has 3 atom stereocenters. The van der Waals surface area contributed by atoms with Crippen molar-refractivity contribution in [1.82, 2.24) is 4.90 Å². The molecule has 1 heterocycles. The molecule has 21 heavy (non-hydrogen) atoms. The number of nitro benzene ring substituents is 1. The maximum Gasteiger partial charge on any atom is 0.270 e. The van der Waals surface area contributed by atoms with Crippen molar-refractivity contribution < 1.29 is 9.72 Å².